The summed E-state index contributed by atoms with van der Waals surface area (Å²) >= 11 is 2.14. The molecular formula is C10H16IN3O2. The van der Waals surface area contributed by atoms with Gasteiger partial charge < -0.3 is 15.2 Å². The van der Waals surface area contributed by atoms with Gasteiger partial charge in [0.15, 0.2) is 0 Å². The van der Waals surface area contributed by atoms with Crippen LogP contribution in [-0.2, 0) is 22.5 Å². The molecule has 0 unspecified atom stereocenters. The third kappa shape index (κ3) is 3.84. The number of ether oxygens (including phenoxy) is 2. The molecule has 0 spiro atoms. The van der Waals surface area contributed by atoms with Gasteiger partial charge >= 0.3 is 0 Å². The predicted molar refractivity (Wildman–Crippen MR) is 70.1 cm³/mol. The molecule has 1 rings (SSSR count). The number of halogens is 1. The van der Waals surface area contributed by atoms with Crippen molar-refractivity contribution in [1.82, 2.24) is 9.97 Å². The Morgan fingerprint density at radius 1 is 1.25 bits per heavy atom. The lowest BCUT2D eigenvalue weighted by molar-refractivity contribution is 0.180. The minimum Gasteiger partial charge on any atom is -0.385 e. The Hall–Kier alpha value is -0.470. The summed E-state index contributed by atoms with van der Waals surface area (Å²) in [6, 6.07) is 0. The van der Waals surface area contributed by atoms with Crippen LogP contribution in [0.5, 0.6) is 0 Å². The number of hydrogen-bond donors (Lipinski definition) is 1. The number of methoxy groups -OCH3 is 2. The van der Waals surface area contributed by atoms with E-state index in [4.69, 9.17) is 15.2 Å². The number of anilines is 1. The van der Waals surface area contributed by atoms with Crippen LogP contribution in [0.2, 0.25) is 0 Å². The van der Waals surface area contributed by atoms with Gasteiger partial charge in [0, 0.05) is 27.2 Å². The fourth-order valence-electron chi connectivity index (χ4n) is 1.28. The van der Waals surface area contributed by atoms with Crippen molar-refractivity contribution in [2.75, 3.05) is 26.6 Å². The van der Waals surface area contributed by atoms with Crippen LogP contribution in [0.4, 0.5) is 5.82 Å². The first-order valence-corrected chi connectivity index (χ1v) is 6.05. The van der Waals surface area contributed by atoms with Gasteiger partial charge in [0.25, 0.3) is 0 Å². The summed E-state index contributed by atoms with van der Waals surface area (Å²) in [5.74, 6) is 1.28. The number of nitrogen functional groups attached to an aromatic ring is 1. The third-order valence-corrected chi connectivity index (χ3v) is 3.20. The number of rotatable bonds is 6. The zero-order valence-electron chi connectivity index (χ0n) is 9.49. The normalized spacial score (nSPS) is 10.7. The van der Waals surface area contributed by atoms with Crippen molar-refractivity contribution in [3.8, 4) is 0 Å². The van der Waals surface area contributed by atoms with E-state index in [0.29, 0.717) is 19.0 Å². The van der Waals surface area contributed by atoms with Gasteiger partial charge in [-0.25, -0.2) is 9.97 Å². The lowest BCUT2D eigenvalue weighted by atomic mass is 10.3. The van der Waals surface area contributed by atoms with Crippen LogP contribution in [0.1, 0.15) is 17.9 Å². The number of nitrogens with zero attached hydrogens (tertiary/aromatic N) is 2. The van der Waals surface area contributed by atoms with Crippen molar-refractivity contribution in [2.24, 2.45) is 0 Å². The Bertz CT molecular complexity index is 347. The standard InChI is InChI=1S/C10H16IN3O2/c1-15-5-3-4-8-13-7(6-16-2)9(11)10(12)14-8/h3-6H2,1-2H3,(H2,12,13,14). The molecular weight excluding hydrogens is 321 g/mol. The number of nitrogens with two attached hydrogens (primary N) is 1. The molecule has 0 amide bonds. The van der Waals surface area contributed by atoms with Crippen LogP contribution in [0, 0.1) is 3.57 Å². The molecule has 1 aromatic rings. The van der Waals surface area contributed by atoms with E-state index in [2.05, 4.69) is 32.6 Å². The lowest BCUT2D eigenvalue weighted by Crippen LogP contribution is -2.08. The Morgan fingerprint density at radius 2 is 2.00 bits per heavy atom. The molecule has 1 heterocycles. The second kappa shape index (κ2) is 6.97. The molecule has 0 aliphatic carbocycles. The molecule has 0 aliphatic rings. The van der Waals surface area contributed by atoms with Crippen molar-refractivity contribution >= 4 is 28.4 Å². The highest BCUT2D eigenvalue weighted by Crippen LogP contribution is 2.17. The van der Waals surface area contributed by atoms with Gasteiger partial charge in [0.05, 0.1) is 15.9 Å². The maximum atomic E-state index is 5.81. The highest BCUT2D eigenvalue weighted by molar-refractivity contribution is 14.1. The van der Waals surface area contributed by atoms with E-state index in [9.17, 15) is 0 Å². The average Bonchev–Trinajstić information content (AvgIpc) is 2.26. The molecule has 2 N–H and O–H groups in total. The summed E-state index contributed by atoms with van der Waals surface area (Å²) in [5, 5.41) is 0. The Morgan fingerprint density at radius 3 is 2.62 bits per heavy atom. The van der Waals surface area contributed by atoms with Crippen LogP contribution in [0.25, 0.3) is 0 Å². The Balaban J connectivity index is 2.77. The summed E-state index contributed by atoms with van der Waals surface area (Å²) in [4.78, 5) is 8.65. The third-order valence-electron chi connectivity index (χ3n) is 2.02. The van der Waals surface area contributed by atoms with Gasteiger partial charge in [-0.05, 0) is 29.0 Å². The molecule has 0 aliphatic heterocycles. The van der Waals surface area contributed by atoms with Crippen LogP contribution in [0.15, 0.2) is 0 Å². The smallest absolute Gasteiger partial charge is 0.140 e. The highest BCUT2D eigenvalue weighted by atomic mass is 127. The van der Waals surface area contributed by atoms with Gasteiger partial charge in [-0.15, -0.1) is 0 Å². The summed E-state index contributed by atoms with van der Waals surface area (Å²) in [7, 11) is 3.32. The first-order chi connectivity index (χ1) is 7.69. The van der Waals surface area contributed by atoms with Crippen LogP contribution in [-0.4, -0.2) is 30.8 Å². The van der Waals surface area contributed by atoms with Crippen molar-refractivity contribution < 1.29 is 9.47 Å². The first-order valence-electron chi connectivity index (χ1n) is 4.97. The predicted octanol–water partition coefficient (Wildman–Crippen LogP) is 1.39. The van der Waals surface area contributed by atoms with Crippen LogP contribution in [0.3, 0.4) is 0 Å². The van der Waals surface area contributed by atoms with E-state index in [0.717, 1.165) is 27.9 Å². The van der Waals surface area contributed by atoms with Gasteiger partial charge in [-0.1, -0.05) is 0 Å². The minimum atomic E-state index is 0.461. The molecule has 5 nitrogen and oxygen atoms in total. The fourth-order valence-corrected chi connectivity index (χ4v) is 1.68. The fraction of sp³-hybridized carbons (Fsp3) is 0.600. The molecule has 90 valence electrons. The average molecular weight is 337 g/mol. The van der Waals surface area contributed by atoms with Crippen molar-refractivity contribution in [1.29, 1.82) is 0 Å². The molecule has 0 saturated heterocycles. The Labute approximate surface area is 109 Å². The zero-order chi connectivity index (χ0) is 12.0. The van der Waals surface area contributed by atoms with E-state index in [1.165, 1.54) is 0 Å². The Kier molecular flexibility index (Phi) is 5.93. The second-order valence-electron chi connectivity index (χ2n) is 3.32. The maximum Gasteiger partial charge on any atom is 0.140 e. The lowest BCUT2D eigenvalue weighted by Gasteiger charge is -2.08. The molecule has 0 aromatic carbocycles. The molecule has 1 aromatic heterocycles. The molecule has 0 bridgehead atoms. The van der Waals surface area contributed by atoms with Gasteiger partial charge in [-0.3, -0.25) is 0 Å². The first kappa shape index (κ1) is 13.6. The van der Waals surface area contributed by atoms with Gasteiger partial charge in [0.1, 0.15) is 11.6 Å². The van der Waals surface area contributed by atoms with Gasteiger partial charge in [0.2, 0.25) is 0 Å². The van der Waals surface area contributed by atoms with Crippen LogP contribution < -0.4 is 5.73 Å². The van der Waals surface area contributed by atoms with E-state index < -0.39 is 0 Å². The van der Waals surface area contributed by atoms with Crippen LogP contribution >= 0.6 is 22.6 Å². The maximum absolute atomic E-state index is 5.81. The van der Waals surface area contributed by atoms with Crippen molar-refractivity contribution in [3.63, 3.8) is 0 Å². The minimum absolute atomic E-state index is 0.461. The molecule has 0 saturated carbocycles. The quantitative estimate of drug-likeness (QED) is 0.628. The number of aromatic nitrogens is 2. The highest BCUT2D eigenvalue weighted by Gasteiger charge is 2.09. The molecule has 6 heteroatoms. The largest absolute Gasteiger partial charge is 0.385 e. The van der Waals surface area contributed by atoms with E-state index in [-0.39, 0.29) is 0 Å². The summed E-state index contributed by atoms with van der Waals surface area (Å²) in [6.07, 6.45) is 1.66. The second-order valence-corrected chi connectivity index (χ2v) is 4.39. The number of aryl methyl sites for hydroxylation is 1. The van der Waals surface area contributed by atoms with Crippen molar-refractivity contribution in [3.05, 3.63) is 15.1 Å². The summed E-state index contributed by atoms with van der Waals surface area (Å²) < 4.78 is 10.9. The molecule has 0 fully saturated rings. The van der Waals surface area contributed by atoms with Gasteiger partial charge in [-0.2, -0.15) is 0 Å². The molecule has 0 radical (unpaired) electrons. The molecule has 0 atom stereocenters. The molecule has 16 heavy (non-hydrogen) atoms. The van der Waals surface area contributed by atoms with Crippen molar-refractivity contribution in [2.45, 2.75) is 19.4 Å². The topological polar surface area (TPSA) is 70.3 Å². The number of hydrogen-bond acceptors (Lipinski definition) is 5. The van der Waals surface area contributed by atoms with E-state index in [1.54, 1.807) is 14.2 Å². The summed E-state index contributed by atoms with van der Waals surface area (Å²) in [6.45, 7) is 1.16. The van der Waals surface area contributed by atoms with E-state index >= 15 is 0 Å². The SMILES string of the molecule is COCCCc1nc(N)c(I)c(COC)n1. The zero-order valence-corrected chi connectivity index (χ0v) is 11.7. The monoisotopic (exact) mass is 337 g/mol. The van der Waals surface area contributed by atoms with E-state index in [1.807, 2.05) is 0 Å². The summed E-state index contributed by atoms with van der Waals surface area (Å²) in [5.41, 5.74) is 6.66.